The number of aryl methyl sites for hydroxylation is 1. The van der Waals surface area contributed by atoms with Crippen molar-refractivity contribution in [2.45, 2.75) is 77.4 Å². The molecule has 1 saturated carbocycles. The van der Waals surface area contributed by atoms with E-state index in [0.717, 1.165) is 60.7 Å². The molecule has 140 valence electrons. The molecule has 4 rings (SSSR count). The molecule has 0 aromatic carbocycles. The second kappa shape index (κ2) is 7.14. The van der Waals surface area contributed by atoms with Crippen molar-refractivity contribution in [2.75, 3.05) is 0 Å². The molecule has 2 heterocycles. The molecule has 2 atom stereocenters. The zero-order chi connectivity index (χ0) is 18.3. The number of hydrogen-bond acceptors (Lipinski definition) is 5. The van der Waals surface area contributed by atoms with Gasteiger partial charge in [-0.25, -0.2) is 9.78 Å². The smallest absolute Gasteiger partial charge is 0.329 e. The number of hydrogen-bond donors (Lipinski definition) is 0. The van der Waals surface area contributed by atoms with Gasteiger partial charge in [0, 0.05) is 4.88 Å². The molecule has 0 radical (unpaired) electrons. The molecule has 5 nitrogen and oxygen atoms in total. The van der Waals surface area contributed by atoms with Crippen molar-refractivity contribution in [2.24, 2.45) is 5.92 Å². The van der Waals surface area contributed by atoms with Crippen molar-refractivity contribution in [1.82, 2.24) is 9.55 Å². The topological polar surface area (TPSA) is 61.2 Å². The summed E-state index contributed by atoms with van der Waals surface area (Å²) in [5.41, 5.74) is 1.05. The maximum Gasteiger partial charge on any atom is 0.329 e. The van der Waals surface area contributed by atoms with Crippen LogP contribution in [-0.2, 0) is 22.4 Å². The maximum atomic E-state index is 13.1. The van der Waals surface area contributed by atoms with E-state index < -0.39 is 6.04 Å². The Bertz CT molecular complexity index is 879. The zero-order valence-corrected chi connectivity index (χ0v) is 16.3. The highest BCUT2D eigenvalue weighted by Gasteiger charge is 2.27. The van der Waals surface area contributed by atoms with Crippen molar-refractivity contribution in [3.05, 3.63) is 27.1 Å². The first kappa shape index (κ1) is 17.7. The standard InChI is InChI=1S/C20H26N2O3S/c1-12-8-9-15-16(10-12)26-18-17(15)19(23)22(11-21-18)13(2)20(24)25-14-6-4-3-5-7-14/h11-14H,3-10H2,1-2H3/t12-,13-/m1/s1. The van der Waals surface area contributed by atoms with Crippen LogP contribution in [0.5, 0.6) is 0 Å². The summed E-state index contributed by atoms with van der Waals surface area (Å²) in [5.74, 6) is 0.333. The zero-order valence-electron chi connectivity index (χ0n) is 15.5. The molecule has 0 spiro atoms. The van der Waals surface area contributed by atoms with E-state index in [1.54, 1.807) is 18.3 Å². The molecule has 1 fully saturated rings. The lowest BCUT2D eigenvalue weighted by atomic mass is 9.89. The fourth-order valence-corrected chi connectivity index (χ4v) is 5.52. The molecule has 2 aromatic rings. The Balaban J connectivity index is 1.63. The highest BCUT2D eigenvalue weighted by molar-refractivity contribution is 7.18. The third kappa shape index (κ3) is 3.20. The van der Waals surface area contributed by atoms with E-state index in [0.29, 0.717) is 5.92 Å². The van der Waals surface area contributed by atoms with Gasteiger partial charge in [0.1, 0.15) is 17.0 Å². The molecule has 0 saturated heterocycles. The van der Waals surface area contributed by atoms with Crippen LogP contribution >= 0.6 is 11.3 Å². The van der Waals surface area contributed by atoms with Crippen molar-refractivity contribution < 1.29 is 9.53 Å². The lowest BCUT2D eigenvalue weighted by molar-refractivity contribution is -0.154. The van der Waals surface area contributed by atoms with Crippen LogP contribution in [0.25, 0.3) is 10.2 Å². The molecule has 0 N–H and O–H groups in total. The molecular weight excluding hydrogens is 348 g/mol. The summed E-state index contributed by atoms with van der Waals surface area (Å²) in [6.07, 6.45) is 9.87. The number of ether oxygens (including phenoxy) is 1. The van der Waals surface area contributed by atoms with Gasteiger partial charge >= 0.3 is 5.97 Å². The Morgan fingerprint density at radius 2 is 2.08 bits per heavy atom. The van der Waals surface area contributed by atoms with Gasteiger partial charge in [0.05, 0.1) is 11.7 Å². The molecule has 0 aliphatic heterocycles. The summed E-state index contributed by atoms with van der Waals surface area (Å²) in [6, 6.07) is -0.639. The number of rotatable bonds is 3. The molecule has 0 amide bonds. The van der Waals surface area contributed by atoms with Gasteiger partial charge in [-0.1, -0.05) is 13.3 Å². The van der Waals surface area contributed by atoms with E-state index in [9.17, 15) is 9.59 Å². The number of carbonyl (C=O) groups excluding carboxylic acids is 1. The SMILES string of the molecule is C[C@@H]1CCc2c(sc3ncn([C@H](C)C(=O)OC4CCCCC4)c(=O)c23)C1. The van der Waals surface area contributed by atoms with Crippen LogP contribution in [0.3, 0.4) is 0 Å². The normalized spacial score (nSPS) is 22.2. The summed E-state index contributed by atoms with van der Waals surface area (Å²) in [4.78, 5) is 32.3. The lowest BCUT2D eigenvalue weighted by Crippen LogP contribution is -2.32. The second-order valence-corrected chi connectivity index (χ2v) is 8.95. The fraction of sp³-hybridized carbons (Fsp3) is 0.650. The Kier molecular flexibility index (Phi) is 4.86. The van der Waals surface area contributed by atoms with E-state index in [1.807, 2.05) is 0 Å². The lowest BCUT2D eigenvalue weighted by Gasteiger charge is -2.24. The minimum atomic E-state index is -0.639. The van der Waals surface area contributed by atoms with Crippen molar-refractivity contribution in [3.8, 4) is 0 Å². The van der Waals surface area contributed by atoms with Gasteiger partial charge in [-0.05, 0) is 63.4 Å². The monoisotopic (exact) mass is 374 g/mol. The average molecular weight is 375 g/mol. The number of thiophene rings is 1. The average Bonchev–Trinajstić information content (AvgIpc) is 3.00. The predicted octanol–water partition coefficient (Wildman–Crippen LogP) is 4.02. The van der Waals surface area contributed by atoms with Gasteiger partial charge in [0.2, 0.25) is 0 Å². The summed E-state index contributed by atoms with van der Waals surface area (Å²) in [5, 5.41) is 0.719. The summed E-state index contributed by atoms with van der Waals surface area (Å²) in [6.45, 7) is 3.99. The Morgan fingerprint density at radius 1 is 1.31 bits per heavy atom. The molecule has 0 unspecified atom stereocenters. The molecule has 0 bridgehead atoms. The van der Waals surface area contributed by atoms with E-state index in [1.165, 1.54) is 22.2 Å². The molecule has 2 aliphatic rings. The molecule has 26 heavy (non-hydrogen) atoms. The van der Waals surface area contributed by atoms with Crippen molar-refractivity contribution in [3.63, 3.8) is 0 Å². The van der Waals surface area contributed by atoms with Gasteiger partial charge in [0.25, 0.3) is 5.56 Å². The first-order valence-corrected chi connectivity index (χ1v) is 10.6. The Labute approximate surface area is 157 Å². The highest BCUT2D eigenvalue weighted by atomic mass is 32.1. The van der Waals surface area contributed by atoms with E-state index in [2.05, 4.69) is 11.9 Å². The van der Waals surface area contributed by atoms with Crippen LogP contribution in [0.4, 0.5) is 0 Å². The number of nitrogens with zero attached hydrogens (tertiary/aromatic N) is 2. The quantitative estimate of drug-likeness (QED) is 0.761. The first-order chi connectivity index (χ1) is 12.5. The minimum Gasteiger partial charge on any atom is -0.461 e. The van der Waals surface area contributed by atoms with Crippen LogP contribution in [-0.4, -0.2) is 21.6 Å². The Morgan fingerprint density at radius 3 is 2.85 bits per heavy atom. The molecule has 2 aliphatic carbocycles. The van der Waals surface area contributed by atoms with Crippen molar-refractivity contribution >= 4 is 27.5 Å². The van der Waals surface area contributed by atoms with E-state index in [4.69, 9.17) is 4.74 Å². The highest BCUT2D eigenvalue weighted by Crippen LogP contribution is 2.35. The van der Waals surface area contributed by atoms with E-state index >= 15 is 0 Å². The van der Waals surface area contributed by atoms with Crippen LogP contribution in [0.1, 0.15) is 68.9 Å². The molecule has 6 heteroatoms. The first-order valence-electron chi connectivity index (χ1n) is 9.76. The summed E-state index contributed by atoms with van der Waals surface area (Å²) >= 11 is 1.63. The molecule has 2 aromatic heterocycles. The Hall–Kier alpha value is -1.69. The predicted molar refractivity (Wildman–Crippen MR) is 103 cm³/mol. The fourth-order valence-electron chi connectivity index (χ4n) is 4.18. The number of aromatic nitrogens is 2. The second-order valence-electron chi connectivity index (χ2n) is 7.86. The maximum absolute atomic E-state index is 13.1. The minimum absolute atomic E-state index is 0.00138. The van der Waals surface area contributed by atoms with Gasteiger partial charge in [-0.15, -0.1) is 11.3 Å². The largest absolute Gasteiger partial charge is 0.461 e. The van der Waals surface area contributed by atoms with E-state index in [-0.39, 0.29) is 17.6 Å². The van der Waals surface area contributed by atoms with Crippen LogP contribution in [0.15, 0.2) is 11.1 Å². The van der Waals surface area contributed by atoms with Crippen LogP contribution in [0, 0.1) is 5.92 Å². The van der Waals surface area contributed by atoms with Crippen LogP contribution in [0.2, 0.25) is 0 Å². The number of fused-ring (bicyclic) bond motifs is 3. The third-order valence-corrected chi connectivity index (χ3v) is 7.00. The third-order valence-electron chi connectivity index (χ3n) is 5.83. The van der Waals surface area contributed by atoms with Crippen LogP contribution < -0.4 is 5.56 Å². The number of carbonyl (C=O) groups is 1. The van der Waals surface area contributed by atoms with Crippen molar-refractivity contribution in [1.29, 1.82) is 0 Å². The van der Waals surface area contributed by atoms with Gasteiger partial charge in [-0.2, -0.15) is 0 Å². The summed E-state index contributed by atoms with van der Waals surface area (Å²) in [7, 11) is 0. The molecular formula is C20H26N2O3S. The van der Waals surface area contributed by atoms with Gasteiger partial charge in [-0.3, -0.25) is 9.36 Å². The number of esters is 1. The summed E-state index contributed by atoms with van der Waals surface area (Å²) < 4.78 is 7.12. The van der Waals surface area contributed by atoms with Gasteiger partial charge < -0.3 is 4.74 Å². The van der Waals surface area contributed by atoms with Gasteiger partial charge in [0.15, 0.2) is 0 Å².